The van der Waals surface area contributed by atoms with Gasteiger partial charge in [-0.3, -0.25) is 9.59 Å². The van der Waals surface area contributed by atoms with E-state index in [1.54, 1.807) is 0 Å². The molecule has 2 saturated heterocycles. The highest BCUT2D eigenvalue weighted by Crippen LogP contribution is 2.26. The van der Waals surface area contributed by atoms with Gasteiger partial charge >= 0.3 is 0 Å². The number of ether oxygens (including phenoxy) is 1. The summed E-state index contributed by atoms with van der Waals surface area (Å²) in [6, 6.07) is 0. The van der Waals surface area contributed by atoms with E-state index in [0.717, 1.165) is 25.7 Å². The van der Waals surface area contributed by atoms with Crippen molar-refractivity contribution in [3.8, 4) is 0 Å². The maximum Gasteiger partial charge on any atom is 0.251 e. The predicted octanol–water partition coefficient (Wildman–Crippen LogP) is 0.920. The third-order valence-corrected chi connectivity index (χ3v) is 5.31. The van der Waals surface area contributed by atoms with Crippen LogP contribution in [0.15, 0.2) is 0 Å². The second kappa shape index (κ2) is 7.62. The van der Waals surface area contributed by atoms with Crippen molar-refractivity contribution in [2.24, 2.45) is 0 Å². The van der Waals surface area contributed by atoms with Gasteiger partial charge in [0.05, 0.1) is 18.8 Å². The average Bonchev–Trinajstić information content (AvgIpc) is 2.67. The molecule has 130 valence electrons. The second-order valence-corrected chi connectivity index (χ2v) is 7.04. The van der Waals surface area contributed by atoms with Gasteiger partial charge in [-0.1, -0.05) is 0 Å². The lowest BCUT2D eigenvalue weighted by atomic mass is 9.95. The molecule has 2 amide bonds. The van der Waals surface area contributed by atoms with E-state index in [1.165, 1.54) is 24.2 Å². The summed E-state index contributed by atoms with van der Waals surface area (Å²) in [5.41, 5.74) is 0. The number of nitrogens with zero attached hydrogens (tertiary/aromatic N) is 2. The van der Waals surface area contributed by atoms with Crippen LogP contribution in [0.1, 0.15) is 51.4 Å². The molecule has 3 aliphatic rings. The smallest absolute Gasteiger partial charge is 0.251 e. The number of hydrogen-bond donors (Lipinski definition) is 1. The van der Waals surface area contributed by atoms with Crippen molar-refractivity contribution < 1.29 is 19.4 Å². The van der Waals surface area contributed by atoms with Crippen LogP contribution in [0, 0.1) is 0 Å². The fourth-order valence-electron chi connectivity index (χ4n) is 3.53. The minimum atomic E-state index is -0.938. The average molecular weight is 324 g/mol. The van der Waals surface area contributed by atoms with Crippen molar-refractivity contribution in [1.82, 2.24) is 9.80 Å². The topological polar surface area (TPSA) is 70.1 Å². The van der Waals surface area contributed by atoms with Crippen LogP contribution in [0.5, 0.6) is 0 Å². The third kappa shape index (κ3) is 4.23. The van der Waals surface area contributed by atoms with Crippen LogP contribution in [0.25, 0.3) is 0 Å². The molecule has 0 radical (unpaired) electrons. The van der Waals surface area contributed by atoms with Crippen LogP contribution < -0.4 is 0 Å². The molecule has 6 heteroatoms. The molecule has 1 atom stereocenters. The highest BCUT2D eigenvalue weighted by Gasteiger charge is 2.30. The molecule has 1 unspecified atom stereocenters. The fourth-order valence-corrected chi connectivity index (χ4v) is 3.53. The van der Waals surface area contributed by atoms with Crippen LogP contribution in [-0.2, 0) is 14.3 Å². The quantitative estimate of drug-likeness (QED) is 0.835. The lowest BCUT2D eigenvalue weighted by Crippen LogP contribution is -2.48. The number of amides is 2. The van der Waals surface area contributed by atoms with Crippen molar-refractivity contribution in [2.75, 3.05) is 26.2 Å². The van der Waals surface area contributed by atoms with Gasteiger partial charge in [0.1, 0.15) is 6.10 Å². The molecule has 0 aromatic rings. The molecule has 1 saturated carbocycles. The molecule has 2 heterocycles. The van der Waals surface area contributed by atoms with Crippen molar-refractivity contribution in [2.45, 2.75) is 69.7 Å². The number of likely N-dealkylation sites (tertiary alicyclic amines) is 2. The molecule has 1 aliphatic carbocycles. The molecule has 0 aromatic heterocycles. The Morgan fingerprint density at radius 2 is 1.70 bits per heavy atom. The Labute approximate surface area is 137 Å². The van der Waals surface area contributed by atoms with Crippen molar-refractivity contribution in [1.29, 1.82) is 0 Å². The largest absolute Gasteiger partial charge is 0.383 e. The predicted molar refractivity (Wildman–Crippen MR) is 84.8 cm³/mol. The van der Waals surface area contributed by atoms with E-state index in [9.17, 15) is 14.7 Å². The SMILES string of the molecule is O=C(CN1CCCCC(O)C1=O)N1CCC(OC2CCC2)CC1. The molecule has 3 rings (SSSR count). The molecule has 1 N–H and O–H groups in total. The molecule has 0 bridgehead atoms. The molecule has 2 aliphatic heterocycles. The minimum absolute atomic E-state index is 0.00505. The normalized spacial score (nSPS) is 27.7. The number of hydrogen-bond acceptors (Lipinski definition) is 4. The van der Waals surface area contributed by atoms with Gasteiger partial charge in [-0.15, -0.1) is 0 Å². The lowest BCUT2D eigenvalue weighted by molar-refractivity contribution is -0.147. The first kappa shape index (κ1) is 16.7. The number of piperidine rings is 1. The minimum Gasteiger partial charge on any atom is -0.383 e. The Hall–Kier alpha value is -1.14. The number of rotatable bonds is 4. The summed E-state index contributed by atoms with van der Waals surface area (Å²) >= 11 is 0. The summed E-state index contributed by atoms with van der Waals surface area (Å²) in [6.07, 6.45) is 7.39. The Bertz CT molecular complexity index is 430. The zero-order valence-corrected chi connectivity index (χ0v) is 13.8. The summed E-state index contributed by atoms with van der Waals surface area (Å²) in [4.78, 5) is 27.9. The lowest BCUT2D eigenvalue weighted by Gasteiger charge is -2.37. The van der Waals surface area contributed by atoms with Gasteiger partial charge in [0.25, 0.3) is 5.91 Å². The molecular formula is C17H28N2O4. The number of carbonyl (C=O) groups is 2. The molecule has 0 aromatic carbocycles. The maximum absolute atomic E-state index is 12.4. The molecular weight excluding hydrogens is 296 g/mol. The Kier molecular flexibility index (Phi) is 5.54. The summed E-state index contributed by atoms with van der Waals surface area (Å²) in [5.74, 6) is -0.298. The van der Waals surface area contributed by atoms with Crippen LogP contribution in [0.2, 0.25) is 0 Å². The summed E-state index contributed by atoms with van der Waals surface area (Å²) in [5, 5.41) is 9.77. The van der Waals surface area contributed by atoms with Crippen molar-refractivity contribution in [3.05, 3.63) is 0 Å². The van der Waals surface area contributed by atoms with Gasteiger partial charge in [0, 0.05) is 19.6 Å². The highest BCUT2D eigenvalue weighted by molar-refractivity contribution is 5.87. The number of aliphatic hydroxyl groups excluding tert-OH is 1. The summed E-state index contributed by atoms with van der Waals surface area (Å²) < 4.78 is 6.02. The second-order valence-electron chi connectivity index (χ2n) is 7.04. The van der Waals surface area contributed by atoms with E-state index in [1.807, 2.05) is 4.90 Å². The molecule has 3 fully saturated rings. The highest BCUT2D eigenvalue weighted by atomic mass is 16.5. The van der Waals surface area contributed by atoms with Crippen LogP contribution >= 0.6 is 0 Å². The zero-order chi connectivity index (χ0) is 16.2. The van der Waals surface area contributed by atoms with Crippen LogP contribution in [0.3, 0.4) is 0 Å². The fraction of sp³-hybridized carbons (Fsp3) is 0.882. The van der Waals surface area contributed by atoms with Gasteiger partial charge in [-0.05, 0) is 51.4 Å². The Morgan fingerprint density at radius 1 is 1.00 bits per heavy atom. The van der Waals surface area contributed by atoms with E-state index < -0.39 is 6.10 Å². The molecule has 6 nitrogen and oxygen atoms in total. The van der Waals surface area contributed by atoms with Gasteiger partial charge in [-0.2, -0.15) is 0 Å². The van der Waals surface area contributed by atoms with Crippen molar-refractivity contribution in [3.63, 3.8) is 0 Å². The van der Waals surface area contributed by atoms with E-state index in [-0.39, 0.29) is 24.5 Å². The maximum atomic E-state index is 12.4. The standard InChI is InChI=1S/C17H28N2O4/c20-15-6-1-2-9-19(17(15)22)12-16(21)18-10-7-14(8-11-18)23-13-4-3-5-13/h13-15,20H,1-12H2. The van der Waals surface area contributed by atoms with Gasteiger partial charge < -0.3 is 19.6 Å². The number of aliphatic hydroxyl groups is 1. The van der Waals surface area contributed by atoms with E-state index in [4.69, 9.17) is 4.74 Å². The van der Waals surface area contributed by atoms with Gasteiger partial charge in [0.15, 0.2) is 0 Å². The molecule has 0 spiro atoms. The summed E-state index contributed by atoms with van der Waals surface area (Å²) in [7, 11) is 0. The Balaban J connectivity index is 1.44. The van der Waals surface area contributed by atoms with Gasteiger partial charge in [0.2, 0.25) is 5.91 Å². The first-order valence-corrected chi connectivity index (χ1v) is 9.03. The zero-order valence-electron chi connectivity index (χ0n) is 13.8. The van der Waals surface area contributed by atoms with E-state index >= 15 is 0 Å². The third-order valence-electron chi connectivity index (χ3n) is 5.31. The van der Waals surface area contributed by atoms with E-state index in [0.29, 0.717) is 32.2 Å². The Morgan fingerprint density at radius 3 is 2.35 bits per heavy atom. The number of carbonyl (C=O) groups excluding carboxylic acids is 2. The monoisotopic (exact) mass is 324 g/mol. The van der Waals surface area contributed by atoms with Gasteiger partial charge in [-0.25, -0.2) is 0 Å². The van der Waals surface area contributed by atoms with Crippen LogP contribution in [-0.4, -0.2) is 71.2 Å². The van der Waals surface area contributed by atoms with Crippen molar-refractivity contribution >= 4 is 11.8 Å². The van der Waals surface area contributed by atoms with E-state index in [2.05, 4.69) is 0 Å². The first-order valence-electron chi connectivity index (χ1n) is 9.03. The molecule has 23 heavy (non-hydrogen) atoms. The summed E-state index contributed by atoms with van der Waals surface area (Å²) in [6.45, 7) is 2.09. The first-order chi connectivity index (χ1) is 11.1. The van der Waals surface area contributed by atoms with Crippen LogP contribution in [0.4, 0.5) is 0 Å².